The Morgan fingerprint density at radius 2 is 1.96 bits per heavy atom. The smallest absolute Gasteiger partial charge is 0.265 e. The van der Waals surface area contributed by atoms with Crippen LogP contribution >= 0.6 is 0 Å². The third kappa shape index (κ3) is 3.25. The van der Waals surface area contributed by atoms with Gasteiger partial charge in [0, 0.05) is 6.04 Å². The summed E-state index contributed by atoms with van der Waals surface area (Å²) in [5.74, 6) is 0. The second kappa shape index (κ2) is 6.28. The molecule has 0 bridgehead atoms. The maximum Gasteiger partial charge on any atom is 0.265 e. The highest BCUT2D eigenvalue weighted by Crippen LogP contribution is 2.25. The van der Waals surface area contributed by atoms with Gasteiger partial charge in [-0.25, -0.2) is 13.1 Å². The van der Waals surface area contributed by atoms with E-state index in [1.807, 2.05) is 13.8 Å². The van der Waals surface area contributed by atoms with Gasteiger partial charge in [0.05, 0.1) is 22.8 Å². The van der Waals surface area contributed by atoms with Crippen LogP contribution in [0.25, 0.3) is 5.69 Å². The second-order valence-corrected chi connectivity index (χ2v) is 7.57. The van der Waals surface area contributed by atoms with Crippen molar-refractivity contribution in [1.29, 1.82) is 0 Å². The average Bonchev–Trinajstić information content (AvgIpc) is 3.15. The van der Waals surface area contributed by atoms with Crippen molar-refractivity contribution in [3.63, 3.8) is 0 Å². The quantitative estimate of drug-likeness (QED) is 0.743. The molecule has 1 aromatic carbocycles. The van der Waals surface area contributed by atoms with Gasteiger partial charge in [-0.1, -0.05) is 6.07 Å². The number of rotatable bonds is 5. The maximum absolute atomic E-state index is 12.9. The molecule has 0 atom stereocenters. The van der Waals surface area contributed by atoms with Crippen molar-refractivity contribution in [3.05, 3.63) is 42.0 Å². The summed E-state index contributed by atoms with van der Waals surface area (Å²) in [6.07, 6.45) is 1.44. The number of benzene rings is 1. The number of nitrogens with zero attached hydrogens (tertiary/aromatic N) is 6. The Balaban J connectivity index is 1.97. The summed E-state index contributed by atoms with van der Waals surface area (Å²) in [6, 6.07) is 6.91. The first kappa shape index (κ1) is 17.1. The van der Waals surface area contributed by atoms with Crippen LogP contribution in [0.1, 0.15) is 31.3 Å². The third-order valence-electron chi connectivity index (χ3n) is 3.73. The van der Waals surface area contributed by atoms with Crippen molar-refractivity contribution in [2.24, 2.45) is 0 Å². The number of aryl methyl sites for hydroxylation is 1. The highest BCUT2D eigenvalue weighted by Gasteiger charge is 2.25. The first-order valence-corrected chi connectivity index (χ1v) is 9.20. The molecule has 0 unspecified atom stereocenters. The zero-order valence-electron chi connectivity index (χ0n) is 14.4. The van der Waals surface area contributed by atoms with Crippen LogP contribution < -0.4 is 4.72 Å². The summed E-state index contributed by atoms with van der Waals surface area (Å²) in [4.78, 5) is 0.203. The molecule has 0 fully saturated rings. The molecule has 0 saturated carbocycles. The van der Waals surface area contributed by atoms with E-state index in [-0.39, 0.29) is 10.9 Å². The van der Waals surface area contributed by atoms with Gasteiger partial charge in [0.25, 0.3) is 10.0 Å². The number of tetrazole rings is 1. The lowest BCUT2D eigenvalue weighted by Crippen LogP contribution is -2.15. The number of sulfonamides is 1. The second-order valence-electron chi connectivity index (χ2n) is 5.95. The Kier molecular flexibility index (Phi) is 4.29. The highest BCUT2D eigenvalue weighted by atomic mass is 32.2. The largest absolute Gasteiger partial charge is 0.279 e. The molecule has 3 rings (SSSR count). The fraction of sp³-hybridized carbons (Fsp3) is 0.333. The van der Waals surface area contributed by atoms with Crippen molar-refractivity contribution in [2.45, 2.75) is 38.6 Å². The van der Waals surface area contributed by atoms with E-state index < -0.39 is 10.0 Å². The Morgan fingerprint density at radius 3 is 2.56 bits per heavy atom. The summed E-state index contributed by atoms with van der Waals surface area (Å²) in [6.45, 7) is 7.36. The SMILES string of the molecule is Cc1nn(C(C)C)c(C)c1S(=O)(=O)Nc1cccc(-n2cnnn2)c1. The Bertz CT molecular complexity index is 991. The van der Waals surface area contributed by atoms with Gasteiger partial charge in [0.15, 0.2) is 0 Å². The van der Waals surface area contributed by atoms with Crippen molar-refractivity contribution < 1.29 is 8.42 Å². The first-order chi connectivity index (χ1) is 11.8. The Morgan fingerprint density at radius 1 is 1.20 bits per heavy atom. The van der Waals surface area contributed by atoms with Crippen molar-refractivity contribution >= 4 is 15.7 Å². The van der Waals surface area contributed by atoms with Crippen LogP contribution in [0.3, 0.4) is 0 Å². The van der Waals surface area contributed by atoms with Gasteiger partial charge >= 0.3 is 0 Å². The number of nitrogens with one attached hydrogen (secondary N) is 1. The van der Waals surface area contributed by atoms with Crippen molar-refractivity contribution in [3.8, 4) is 5.69 Å². The van der Waals surface area contributed by atoms with Gasteiger partial charge in [0.2, 0.25) is 0 Å². The zero-order chi connectivity index (χ0) is 18.2. The first-order valence-electron chi connectivity index (χ1n) is 7.71. The molecule has 0 spiro atoms. The lowest BCUT2D eigenvalue weighted by molar-refractivity contribution is 0.514. The van der Waals surface area contributed by atoms with Gasteiger partial charge in [-0.3, -0.25) is 9.40 Å². The lowest BCUT2D eigenvalue weighted by Gasteiger charge is -2.11. The molecule has 2 aromatic heterocycles. The van der Waals surface area contributed by atoms with Gasteiger partial charge < -0.3 is 0 Å². The van der Waals surface area contributed by atoms with Crippen molar-refractivity contribution in [1.82, 2.24) is 30.0 Å². The summed E-state index contributed by atoms with van der Waals surface area (Å²) >= 11 is 0. The van der Waals surface area contributed by atoms with E-state index in [0.717, 1.165) is 0 Å². The molecule has 132 valence electrons. The third-order valence-corrected chi connectivity index (χ3v) is 5.36. The predicted octanol–water partition coefficient (Wildman–Crippen LogP) is 1.86. The maximum atomic E-state index is 12.9. The van der Waals surface area contributed by atoms with Gasteiger partial charge in [-0.15, -0.1) is 5.10 Å². The minimum Gasteiger partial charge on any atom is -0.279 e. The lowest BCUT2D eigenvalue weighted by atomic mass is 10.3. The average molecular weight is 361 g/mol. The molecule has 1 N–H and O–H groups in total. The molecular weight excluding hydrogens is 342 g/mol. The van der Waals surface area contributed by atoms with Crippen LogP contribution in [-0.2, 0) is 10.0 Å². The zero-order valence-corrected chi connectivity index (χ0v) is 15.2. The fourth-order valence-electron chi connectivity index (χ4n) is 2.74. The molecule has 0 aliphatic rings. The van der Waals surface area contributed by atoms with Gasteiger partial charge in [-0.05, 0) is 56.3 Å². The van der Waals surface area contributed by atoms with E-state index in [4.69, 9.17) is 0 Å². The van der Waals surface area contributed by atoms with Gasteiger partial charge in [-0.2, -0.15) is 5.10 Å². The molecule has 0 aliphatic heterocycles. The minimum atomic E-state index is -3.77. The number of aromatic nitrogens is 6. The van der Waals surface area contributed by atoms with Crippen LogP contribution in [0.2, 0.25) is 0 Å². The van der Waals surface area contributed by atoms with E-state index in [1.165, 1.54) is 11.0 Å². The molecule has 9 nitrogen and oxygen atoms in total. The summed E-state index contributed by atoms with van der Waals surface area (Å²) in [7, 11) is -3.77. The molecule has 25 heavy (non-hydrogen) atoms. The molecule has 10 heteroatoms. The molecule has 3 aromatic rings. The summed E-state index contributed by atoms with van der Waals surface area (Å²) < 4.78 is 31.5. The molecule has 0 saturated heterocycles. The monoisotopic (exact) mass is 361 g/mol. The predicted molar refractivity (Wildman–Crippen MR) is 92.0 cm³/mol. The molecule has 0 aliphatic carbocycles. The molecule has 0 amide bonds. The van der Waals surface area contributed by atoms with Crippen LogP contribution in [0.5, 0.6) is 0 Å². The van der Waals surface area contributed by atoms with Crippen LogP contribution in [0.4, 0.5) is 5.69 Å². The van der Waals surface area contributed by atoms with E-state index in [1.54, 1.807) is 42.8 Å². The molecule has 2 heterocycles. The summed E-state index contributed by atoms with van der Waals surface area (Å²) in [5, 5.41) is 15.3. The van der Waals surface area contributed by atoms with Crippen LogP contribution in [-0.4, -0.2) is 38.4 Å². The number of anilines is 1. The minimum absolute atomic E-state index is 0.0748. The topological polar surface area (TPSA) is 108 Å². The number of hydrogen-bond donors (Lipinski definition) is 1. The van der Waals surface area contributed by atoms with Crippen molar-refractivity contribution in [2.75, 3.05) is 4.72 Å². The van der Waals surface area contributed by atoms with E-state index in [9.17, 15) is 8.42 Å². The molecule has 0 radical (unpaired) electrons. The Hall–Kier alpha value is -2.75. The summed E-state index contributed by atoms with van der Waals surface area (Å²) in [5.41, 5.74) is 2.15. The van der Waals surface area contributed by atoms with E-state index in [0.29, 0.717) is 22.8 Å². The van der Waals surface area contributed by atoms with E-state index in [2.05, 4.69) is 25.3 Å². The Labute approximate surface area is 145 Å². The molecular formula is C15H19N7O2S. The fourth-order valence-corrected chi connectivity index (χ4v) is 4.19. The van der Waals surface area contributed by atoms with Gasteiger partial charge in [0.1, 0.15) is 11.2 Å². The normalized spacial score (nSPS) is 11.9. The van der Waals surface area contributed by atoms with E-state index >= 15 is 0 Å². The standard InChI is InChI=1S/C15H19N7O2S/c1-10(2)22-12(4)15(11(3)17-22)25(23,24)18-13-6-5-7-14(8-13)21-9-16-19-20-21/h5-10,18H,1-4H3. The highest BCUT2D eigenvalue weighted by molar-refractivity contribution is 7.92. The van der Waals surface area contributed by atoms with Crippen LogP contribution in [0.15, 0.2) is 35.5 Å². The van der Waals surface area contributed by atoms with Crippen LogP contribution in [0, 0.1) is 13.8 Å². The number of hydrogen-bond acceptors (Lipinski definition) is 6.